The van der Waals surface area contributed by atoms with Crippen molar-refractivity contribution in [1.82, 2.24) is 15.1 Å². The minimum absolute atomic E-state index is 0.00465. The number of aromatic nitrogens is 2. The highest BCUT2D eigenvalue weighted by Gasteiger charge is 2.36. The molecule has 0 saturated heterocycles. The summed E-state index contributed by atoms with van der Waals surface area (Å²) in [5.74, 6) is -0.282. The van der Waals surface area contributed by atoms with Crippen molar-refractivity contribution in [2.75, 3.05) is 17.3 Å². The second kappa shape index (κ2) is 11.8. The van der Waals surface area contributed by atoms with E-state index in [9.17, 15) is 31.5 Å². The lowest BCUT2D eigenvalue weighted by Gasteiger charge is -2.16. The average Bonchev–Trinajstić information content (AvgIpc) is 3.27. The summed E-state index contributed by atoms with van der Waals surface area (Å²) in [6.45, 7) is 0.140. The molecule has 0 bridgehead atoms. The molecule has 3 rings (SSSR count). The van der Waals surface area contributed by atoms with Crippen molar-refractivity contribution >= 4 is 51.9 Å². The van der Waals surface area contributed by atoms with Crippen LogP contribution in [0.2, 0.25) is 0 Å². The van der Waals surface area contributed by atoms with Gasteiger partial charge in [-0.05, 0) is 78.6 Å². The van der Waals surface area contributed by atoms with Crippen LogP contribution in [0.15, 0.2) is 42.5 Å². The topological polar surface area (TPSA) is 76.0 Å². The van der Waals surface area contributed by atoms with E-state index in [1.807, 2.05) is 35.8 Å². The van der Waals surface area contributed by atoms with Gasteiger partial charge in [-0.1, -0.05) is 12.1 Å². The zero-order chi connectivity index (χ0) is 27.5. The predicted molar refractivity (Wildman–Crippen MR) is 141 cm³/mol. The minimum atomic E-state index is -4.89. The van der Waals surface area contributed by atoms with E-state index < -0.39 is 35.9 Å². The first-order valence-corrected chi connectivity index (χ1v) is 13.3. The molecule has 0 saturated carbocycles. The third-order valence-corrected chi connectivity index (χ3v) is 6.99. The molecule has 1 unspecified atom stereocenters. The molecule has 2 amide bonds. The fraction of sp³-hybridized carbons (Fsp3) is 0.292. The standard InChI is InChI=1S/C24H22F5IN4O2S/c1-12-9-14(18-10-19(24(27,28)29)33-34(18)23(25)26)7-8-17(12)32-21(35)15-5-4-6-16(30)20(15)22(36)31-13(2)11-37-3/h4-10,13,23H,11H2,1-3H3,(H,31,36)(H,32,35). The summed E-state index contributed by atoms with van der Waals surface area (Å²) >= 11 is 3.54. The van der Waals surface area contributed by atoms with Crippen molar-refractivity contribution in [2.45, 2.75) is 32.6 Å². The van der Waals surface area contributed by atoms with Crippen LogP contribution in [0.3, 0.4) is 0 Å². The summed E-state index contributed by atoms with van der Waals surface area (Å²) < 4.78 is 66.4. The third-order valence-electron chi connectivity index (χ3n) is 5.26. The molecule has 1 aromatic heterocycles. The van der Waals surface area contributed by atoms with Gasteiger partial charge in [0.05, 0.1) is 16.8 Å². The van der Waals surface area contributed by atoms with E-state index in [2.05, 4.69) is 15.7 Å². The maximum atomic E-state index is 13.4. The van der Waals surface area contributed by atoms with E-state index >= 15 is 0 Å². The van der Waals surface area contributed by atoms with Gasteiger partial charge in [0.15, 0.2) is 5.69 Å². The van der Waals surface area contributed by atoms with E-state index in [0.29, 0.717) is 26.6 Å². The van der Waals surface area contributed by atoms with Crippen molar-refractivity contribution in [3.8, 4) is 11.3 Å². The fourth-order valence-corrected chi connectivity index (χ4v) is 4.91. The first-order chi connectivity index (χ1) is 17.3. The molecule has 0 spiro atoms. The van der Waals surface area contributed by atoms with Gasteiger partial charge in [-0.25, -0.2) is 4.68 Å². The number of nitrogens with zero attached hydrogens (tertiary/aromatic N) is 2. The van der Waals surface area contributed by atoms with Crippen LogP contribution < -0.4 is 10.6 Å². The Bertz CT molecular complexity index is 1310. The highest BCUT2D eigenvalue weighted by molar-refractivity contribution is 14.1. The van der Waals surface area contributed by atoms with Crippen LogP contribution in [-0.2, 0) is 6.18 Å². The number of anilines is 1. The monoisotopic (exact) mass is 652 g/mol. The Labute approximate surface area is 227 Å². The van der Waals surface area contributed by atoms with E-state index in [4.69, 9.17) is 0 Å². The molecular weight excluding hydrogens is 630 g/mol. The lowest BCUT2D eigenvalue weighted by molar-refractivity contribution is -0.142. The maximum Gasteiger partial charge on any atom is 0.435 e. The number of carbonyl (C=O) groups excluding carboxylic acids is 2. The number of rotatable bonds is 8. The molecule has 0 aliphatic carbocycles. The first-order valence-electron chi connectivity index (χ1n) is 10.8. The number of hydrogen-bond donors (Lipinski definition) is 2. The Balaban J connectivity index is 1.90. The van der Waals surface area contributed by atoms with E-state index in [-0.39, 0.29) is 27.4 Å². The van der Waals surface area contributed by atoms with Crippen LogP contribution in [0.5, 0.6) is 0 Å². The van der Waals surface area contributed by atoms with Crippen molar-refractivity contribution in [3.05, 3.63) is 68.4 Å². The molecule has 0 radical (unpaired) electrons. The highest BCUT2D eigenvalue weighted by atomic mass is 127. The fourth-order valence-electron chi connectivity index (χ4n) is 3.58. The molecule has 1 atom stereocenters. The van der Waals surface area contributed by atoms with Crippen molar-refractivity contribution in [2.24, 2.45) is 0 Å². The molecule has 1 heterocycles. The molecule has 37 heavy (non-hydrogen) atoms. The van der Waals surface area contributed by atoms with Crippen LogP contribution in [0.1, 0.15) is 45.4 Å². The normalized spacial score (nSPS) is 12.5. The molecular formula is C24H22F5IN4O2S. The second-order valence-electron chi connectivity index (χ2n) is 8.11. The molecule has 13 heteroatoms. The third kappa shape index (κ3) is 6.80. The number of thioether (sulfide) groups is 1. The molecule has 2 aromatic carbocycles. The SMILES string of the molecule is CSCC(C)NC(=O)c1c(I)cccc1C(=O)Nc1ccc(-c2cc(C(F)(F)F)nn2C(F)F)cc1C. The van der Waals surface area contributed by atoms with Gasteiger partial charge < -0.3 is 10.6 Å². The lowest BCUT2D eigenvalue weighted by atomic mass is 10.0. The van der Waals surface area contributed by atoms with Gasteiger partial charge >= 0.3 is 12.7 Å². The number of carbonyl (C=O) groups is 2. The van der Waals surface area contributed by atoms with Gasteiger partial charge in [-0.2, -0.15) is 38.8 Å². The molecule has 0 aliphatic rings. The first kappa shape index (κ1) is 28.9. The Kier molecular flexibility index (Phi) is 9.21. The van der Waals surface area contributed by atoms with Crippen LogP contribution >= 0.6 is 34.4 Å². The summed E-state index contributed by atoms with van der Waals surface area (Å²) in [6.07, 6.45) is -2.97. The number of amides is 2. The lowest BCUT2D eigenvalue weighted by Crippen LogP contribution is -2.36. The Morgan fingerprint density at radius 3 is 2.43 bits per heavy atom. The summed E-state index contributed by atoms with van der Waals surface area (Å²) in [7, 11) is 0. The molecule has 198 valence electrons. The van der Waals surface area contributed by atoms with Crippen LogP contribution in [-0.4, -0.2) is 39.6 Å². The average molecular weight is 652 g/mol. The van der Waals surface area contributed by atoms with Crippen LogP contribution in [0, 0.1) is 10.5 Å². The molecule has 0 fully saturated rings. The smallest absolute Gasteiger partial charge is 0.349 e. The summed E-state index contributed by atoms with van der Waals surface area (Å²) in [5, 5.41) is 8.56. The zero-order valence-electron chi connectivity index (χ0n) is 19.8. The zero-order valence-corrected chi connectivity index (χ0v) is 22.8. The number of aryl methyl sites for hydroxylation is 1. The Morgan fingerprint density at radius 1 is 1.14 bits per heavy atom. The number of benzene rings is 2. The quantitative estimate of drug-likeness (QED) is 0.212. The van der Waals surface area contributed by atoms with Crippen molar-refractivity contribution < 1.29 is 31.5 Å². The van der Waals surface area contributed by atoms with Gasteiger partial charge in [-0.3, -0.25) is 9.59 Å². The Morgan fingerprint density at radius 2 is 1.84 bits per heavy atom. The summed E-state index contributed by atoms with van der Waals surface area (Å²) in [6, 6.07) is 9.36. The van der Waals surface area contributed by atoms with Crippen LogP contribution in [0.25, 0.3) is 11.3 Å². The van der Waals surface area contributed by atoms with E-state index in [1.54, 1.807) is 30.8 Å². The largest absolute Gasteiger partial charge is 0.435 e. The van der Waals surface area contributed by atoms with Gasteiger partial charge in [-0.15, -0.1) is 0 Å². The summed E-state index contributed by atoms with van der Waals surface area (Å²) in [5.41, 5.74) is -0.733. The number of hydrogen-bond acceptors (Lipinski definition) is 4. The number of halogens is 6. The molecule has 0 aliphatic heterocycles. The minimum Gasteiger partial charge on any atom is -0.349 e. The molecule has 6 nitrogen and oxygen atoms in total. The van der Waals surface area contributed by atoms with Crippen molar-refractivity contribution in [1.29, 1.82) is 0 Å². The van der Waals surface area contributed by atoms with Crippen molar-refractivity contribution in [3.63, 3.8) is 0 Å². The maximum absolute atomic E-state index is 13.4. The number of nitrogens with one attached hydrogen (secondary N) is 2. The molecule has 3 aromatic rings. The van der Waals surface area contributed by atoms with Crippen LogP contribution in [0.4, 0.5) is 27.6 Å². The van der Waals surface area contributed by atoms with Gasteiger partial charge in [0.25, 0.3) is 11.8 Å². The Hall–Kier alpha value is -2.68. The van der Waals surface area contributed by atoms with E-state index in [0.717, 1.165) is 0 Å². The number of alkyl halides is 5. The summed E-state index contributed by atoms with van der Waals surface area (Å²) in [4.78, 5) is 26.0. The van der Waals surface area contributed by atoms with Gasteiger partial charge in [0.1, 0.15) is 0 Å². The van der Waals surface area contributed by atoms with Gasteiger partial charge in [0, 0.05) is 26.6 Å². The van der Waals surface area contributed by atoms with Gasteiger partial charge in [0.2, 0.25) is 0 Å². The second-order valence-corrected chi connectivity index (χ2v) is 10.2. The van der Waals surface area contributed by atoms with E-state index in [1.165, 1.54) is 24.3 Å². The molecule has 2 N–H and O–H groups in total. The predicted octanol–water partition coefficient (Wildman–Crippen LogP) is 6.61. The highest BCUT2D eigenvalue weighted by Crippen LogP contribution is 2.35.